The van der Waals surface area contributed by atoms with Crippen molar-refractivity contribution in [2.45, 2.75) is 31.9 Å². The molecule has 3 nitrogen and oxygen atoms in total. The lowest BCUT2D eigenvalue weighted by atomic mass is 10.1. The van der Waals surface area contributed by atoms with Gasteiger partial charge in [0.2, 0.25) is 0 Å². The molecule has 2 heterocycles. The lowest BCUT2D eigenvalue weighted by molar-refractivity contribution is -0.00260. The van der Waals surface area contributed by atoms with Crippen LogP contribution < -0.4 is 0 Å². The van der Waals surface area contributed by atoms with E-state index in [1.165, 1.54) is 12.8 Å². The fraction of sp³-hybridized carbons (Fsp3) is 0.615. The van der Waals surface area contributed by atoms with Crippen LogP contribution in [0.15, 0.2) is 12.1 Å². The summed E-state index contributed by atoms with van der Waals surface area (Å²) in [6.45, 7) is 2.59. The van der Waals surface area contributed by atoms with Crippen molar-refractivity contribution in [3.63, 3.8) is 0 Å². The summed E-state index contributed by atoms with van der Waals surface area (Å²) in [6, 6.07) is 3.70. The Morgan fingerprint density at radius 2 is 2.22 bits per heavy atom. The molecule has 0 amide bonds. The molecule has 5 heteroatoms. The van der Waals surface area contributed by atoms with Gasteiger partial charge in [0.15, 0.2) is 0 Å². The highest BCUT2D eigenvalue weighted by molar-refractivity contribution is 6.32. The third-order valence-electron chi connectivity index (χ3n) is 3.12. The van der Waals surface area contributed by atoms with E-state index >= 15 is 0 Å². The first-order valence-corrected chi connectivity index (χ1v) is 7.02. The quantitative estimate of drug-likeness (QED) is 0.794. The maximum absolute atomic E-state index is 6.06. The van der Waals surface area contributed by atoms with Gasteiger partial charge in [-0.2, -0.15) is 0 Å². The van der Waals surface area contributed by atoms with E-state index in [1.807, 2.05) is 6.07 Å². The standard InChI is InChI=1S/C13H18Cl2N2O/c1-17(9-11-4-2-3-7-18-11)8-10-5-6-12(14)16-13(10)15/h5-6,11H,2-4,7-9H2,1H3. The summed E-state index contributed by atoms with van der Waals surface area (Å²) >= 11 is 11.8. The molecule has 1 fully saturated rings. The van der Waals surface area contributed by atoms with Crippen LogP contribution in [-0.2, 0) is 11.3 Å². The van der Waals surface area contributed by atoms with Crippen LogP contribution >= 0.6 is 23.2 Å². The van der Waals surface area contributed by atoms with Crippen LogP contribution in [0, 0.1) is 0 Å². The van der Waals surface area contributed by atoms with Gasteiger partial charge < -0.3 is 4.74 Å². The number of rotatable bonds is 4. The first-order chi connectivity index (χ1) is 8.65. The predicted octanol–water partition coefficient (Wildman–Crippen LogP) is 3.39. The van der Waals surface area contributed by atoms with Crippen molar-refractivity contribution in [3.05, 3.63) is 28.0 Å². The first-order valence-electron chi connectivity index (χ1n) is 6.26. The van der Waals surface area contributed by atoms with Crippen molar-refractivity contribution in [1.82, 2.24) is 9.88 Å². The van der Waals surface area contributed by atoms with Crippen LogP contribution in [0.3, 0.4) is 0 Å². The van der Waals surface area contributed by atoms with Crippen molar-refractivity contribution in [3.8, 4) is 0 Å². The number of nitrogens with zero attached hydrogens (tertiary/aromatic N) is 2. The highest BCUT2D eigenvalue weighted by Crippen LogP contribution is 2.19. The number of ether oxygens (including phenoxy) is 1. The van der Waals surface area contributed by atoms with Crippen LogP contribution in [0.1, 0.15) is 24.8 Å². The zero-order chi connectivity index (χ0) is 13.0. The van der Waals surface area contributed by atoms with Gasteiger partial charge in [-0.15, -0.1) is 0 Å². The third kappa shape index (κ3) is 4.09. The van der Waals surface area contributed by atoms with Gasteiger partial charge in [-0.3, -0.25) is 4.90 Å². The average Bonchev–Trinajstić information content (AvgIpc) is 2.34. The van der Waals surface area contributed by atoms with Crippen LogP contribution in [0.5, 0.6) is 0 Å². The Balaban J connectivity index is 1.87. The van der Waals surface area contributed by atoms with E-state index in [0.29, 0.717) is 16.4 Å². The molecule has 0 radical (unpaired) electrons. The normalized spacial score (nSPS) is 20.3. The minimum absolute atomic E-state index is 0.350. The maximum Gasteiger partial charge on any atom is 0.135 e. The zero-order valence-corrected chi connectivity index (χ0v) is 12.0. The fourth-order valence-electron chi connectivity index (χ4n) is 2.21. The van der Waals surface area contributed by atoms with E-state index in [1.54, 1.807) is 6.07 Å². The van der Waals surface area contributed by atoms with Crippen LogP contribution in [0.2, 0.25) is 10.3 Å². The van der Waals surface area contributed by atoms with Crippen molar-refractivity contribution in [2.24, 2.45) is 0 Å². The molecule has 0 saturated carbocycles. The molecule has 100 valence electrons. The monoisotopic (exact) mass is 288 g/mol. The van der Waals surface area contributed by atoms with Gasteiger partial charge >= 0.3 is 0 Å². The number of hydrogen-bond donors (Lipinski definition) is 0. The van der Waals surface area contributed by atoms with E-state index in [-0.39, 0.29) is 0 Å². The average molecular weight is 289 g/mol. The molecule has 0 aromatic carbocycles. The molecule has 0 bridgehead atoms. The molecule has 2 rings (SSSR count). The Morgan fingerprint density at radius 3 is 2.89 bits per heavy atom. The van der Waals surface area contributed by atoms with Crippen molar-refractivity contribution < 1.29 is 4.74 Å². The van der Waals surface area contributed by atoms with Gasteiger partial charge in [-0.1, -0.05) is 29.3 Å². The summed E-state index contributed by atoms with van der Waals surface area (Å²) < 4.78 is 5.72. The lowest BCUT2D eigenvalue weighted by Crippen LogP contribution is -2.33. The molecule has 1 aliphatic rings. The molecule has 1 aliphatic heterocycles. The minimum Gasteiger partial charge on any atom is -0.377 e. The molecule has 1 saturated heterocycles. The van der Waals surface area contributed by atoms with E-state index in [2.05, 4.69) is 16.9 Å². The van der Waals surface area contributed by atoms with Gasteiger partial charge in [0.05, 0.1) is 6.10 Å². The van der Waals surface area contributed by atoms with Gasteiger partial charge in [0.1, 0.15) is 10.3 Å². The zero-order valence-electron chi connectivity index (χ0n) is 10.5. The summed E-state index contributed by atoms with van der Waals surface area (Å²) in [5, 5.41) is 0.918. The predicted molar refractivity (Wildman–Crippen MR) is 74.2 cm³/mol. The van der Waals surface area contributed by atoms with Crippen LogP contribution in [0.4, 0.5) is 0 Å². The summed E-state index contributed by atoms with van der Waals surface area (Å²) in [5.74, 6) is 0. The number of likely N-dealkylation sites (N-methyl/N-ethyl adjacent to an activating group) is 1. The third-order valence-corrected chi connectivity index (χ3v) is 3.66. The fourth-order valence-corrected chi connectivity index (χ4v) is 2.62. The Bertz CT molecular complexity index is 395. The number of pyridine rings is 1. The second-order valence-electron chi connectivity index (χ2n) is 4.77. The van der Waals surface area contributed by atoms with Crippen molar-refractivity contribution in [2.75, 3.05) is 20.2 Å². The molecule has 0 aliphatic carbocycles. The minimum atomic E-state index is 0.350. The van der Waals surface area contributed by atoms with Gasteiger partial charge in [-0.05, 0) is 32.4 Å². The van der Waals surface area contributed by atoms with E-state index < -0.39 is 0 Å². The van der Waals surface area contributed by atoms with Gasteiger partial charge in [0, 0.05) is 25.3 Å². The van der Waals surface area contributed by atoms with Crippen LogP contribution in [0.25, 0.3) is 0 Å². The summed E-state index contributed by atoms with van der Waals surface area (Å²) in [6.07, 6.45) is 3.95. The molecule has 0 spiro atoms. The second kappa shape index (κ2) is 6.71. The highest BCUT2D eigenvalue weighted by Gasteiger charge is 2.16. The lowest BCUT2D eigenvalue weighted by Gasteiger charge is -2.27. The Morgan fingerprint density at radius 1 is 1.39 bits per heavy atom. The molecule has 1 atom stereocenters. The molecular formula is C13H18Cl2N2O. The Kier molecular flexibility index (Phi) is 5.25. The largest absolute Gasteiger partial charge is 0.377 e. The molecule has 1 aromatic heterocycles. The topological polar surface area (TPSA) is 25.4 Å². The summed E-state index contributed by atoms with van der Waals surface area (Å²) in [7, 11) is 2.07. The molecule has 0 N–H and O–H groups in total. The maximum atomic E-state index is 6.06. The van der Waals surface area contributed by atoms with Crippen LogP contribution in [-0.4, -0.2) is 36.2 Å². The van der Waals surface area contributed by atoms with Crippen molar-refractivity contribution in [1.29, 1.82) is 0 Å². The van der Waals surface area contributed by atoms with E-state index in [0.717, 1.165) is 31.7 Å². The van der Waals surface area contributed by atoms with Gasteiger partial charge in [0.25, 0.3) is 0 Å². The van der Waals surface area contributed by atoms with E-state index in [9.17, 15) is 0 Å². The van der Waals surface area contributed by atoms with E-state index in [4.69, 9.17) is 27.9 Å². The van der Waals surface area contributed by atoms with Crippen molar-refractivity contribution >= 4 is 23.2 Å². The molecule has 1 aromatic rings. The smallest absolute Gasteiger partial charge is 0.135 e. The Hall–Kier alpha value is -0.350. The highest BCUT2D eigenvalue weighted by atomic mass is 35.5. The first kappa shape index (κ1) is 14.1. The molecule has 1 unspecified atom stereocenters. The second-order valence-corrected chi connectivity index (χ2v) is 5.51. The number of hydrogen-bond acceptors (Lipinski definition) is 3. The molecular weight excluding hydrogens is 271 g/mol. The number of aromatic nitrogens is 1. The molecule has 18 heavy (non-hydrogen) atoms. The van der Waals surface area contributed by atoms with Gasteiger partial charge in [-0.25, -0.2) is 4.98 Å². The SMILES string of the molecule is CN(Cc1ccc(Cl)nc1Cl)CC1CCCCO1. The number of halogens is 2. The summed E-state index contributed by atoms with van der Waals surface area (Å²) in [5.41, 5.74) is 0.999. The Labute approximate surface area is 118 Å². The summed E-state index contributed by atoms with van der Waals surface area (Å²) in [4.78, 5) is 6.26.